The van der Waals surface area contributed by atoms with E-state index in [2.05, 4.69) is 31.1 Å². The summed E-state index contributed by atoms with van der Waals surface area (Å²) in [7, 11) is 0. The highest BCUT2D eigenvalue weighted by Crippen LogP contribution is 2.28. The molecule has 2 aromatic heterocycles. The van der Waals surface area contributed by atoms with Gasteiger partial charge in [-0.15, -0.1) is 10.2 Å². The molecule has 0 saturated carbocycles. The van der Waals surface area contributed by atoms with E-state index in [0.717, 1.165) is 10.0 Å². The first-order chi connectivity index (χ1) is 8.25. The van der Waals surface area contributed by atoms with Gasteiger partial charge in [-0.05, 0) is 24.3 Å². The van der Waals surface area contributed by atoms with E-state index >= 15 is 0 Å². The molecule has 0 aliphatic carbocycles. The van der Waals surface area contributed by atoms with E-state index in [1.165, 1.54) is 0 Å². The molecule has 6 heteroatoms. The Kier molecular flexibility index (Phi) is 2.29. The van der Waals surface area contributed by atoms with Gasteiger partial charge in [0.25, 0.3) is 5.78 Å². The molecule has 17 heavy (non-hydrogen) atoms. The SMILES string of the molecule is Nc1ccc(Br)c(-c2nnc3ncccn23)c1. The van der Waals surface area contributed by atoms with Gasteiger partial charge in [-0.1, -0.05) is 15.9 Å². The zero-order chi connectivity index (χ0) is 11.8. The maximum atomic E-state index is 5.78. The summed E-state index contributed by atoms with van der Waals surface area (Å²) in [6.45, 7) is 0. The Morgan fingerprint density at radius 2 is 2.12 bits per heavy atom. The van der Waals surface area contributed by atoms with E-state index in [4.69, 9.17) is 5.73 Å². The fourth-order valence-electron chi connectivity index (χ4n) is 1.64. The van der Waals surface area contributed by atoms with Crippen molar-refractivity contribution < 1.29 is 0 Å². The zero-order valence-corrected chi connectivity index (χ0v) is 10.3. The predicted octanol–water partition coefficient (Wildman–Crippen LogP) is 2.14. The number of hydrogen-bond acceptors (Lipinski definition) is 4. The van der Waals surface area contributed by atoms with Gasteiger partial charge >= 0.3 is 0 Å². The number of anilines is 1. The number of nitrogens with two attached hydrogens (primary N) is 1. The van der Waals surface area contributed by atoms with Gasteiger partial charge in [0, 0.05) is 28.1 Å². The first-order valence-corrected chi connectivity index (χ1v) is 5.76. The van der Waals surface area contributed by atoms with Gasteiger partial charge in [-0.3, -0.25) is 4.40 Å². The van der Waals surface area contributed by atoms with E-state index in [9.17, 15) is 0 Å². The molecule has 84 valence electrons. The van der Waals surface area contributed by atoms with Crippen molar-refractivity contribution in [1.82, 2.24) is 19.6 Å². The molecule has 5 nitrogen and oxygen atoms in total. The van der Waals surface area contributed by atoms with Gasteiger partial charge in [0.1, 0.15) is 0 Å². The van der Waals surface area contributed by atoms with Crippen molar-refractivity contribution in [3.63, 3.8) is 0 Å². The largest absolute Gasteiger partial charge is 0.399 e. The number of fused-ring (bicyclic) bond motifs is 1. The number of benzene rings is 1. The lowest BCUT2D eigenvalue weighted by Crippen LogP contribution is -1.93. The Morgan fingerprint density at radius 1 is 1.24 bits per heavy atom. The first kappa shape index (κ1) is 10.2. The van der Waals surface area contributed by atoms with Crippen LogP contribution in [0.15, 0.2) is 41.1 Å². The van der Waals surface area contributed by atoms with Crippen molar-refractivity contribution in [1.29, 1.82) is 0 Å². The number of rotatable bonds is 1. The van der Waals surface area contributed by atoms with Crippen LogP contribution in [0, 0.1) is 0 Å². The molecule has 0 bridgehead atoms. The number of nitrogen functional groups attached to an aromatic ring is 1. The highest BCUT2D eigenvalue weighted by atomic mass is 79.9. The minimum Gasteiger partial charge on any atom is -0.399 e. The molecule has 0 fully saturated rings. The van der Waals surface area contributed by atoms with Crippen molar-refractivity contribution in [2.75, 3.05) is 5.73 Å². The molecule has 0 aliphatic rings. The standard InChI is InChI=1S/C11H8BrN5/c12-9-3-2-7(13)6-8(9)10-15-16-11-14-4-1-5-17(10)11/h1-6H,13H2. The lowest BCUT2D eigenvalue weighted by atomic mass is 10.2. The van der Waals surface area contributed by atoms with Crippen LogP contribution in [0.5, 0.6) is 0 Å². The molecule has 0 amide bonds. The summed E-state index contributed by atoms with van der Waals surface area (Å²) in [4.78, 5) is 4.12. The molecule has 0 saturated heterocycles. The summed E-state index contributed by atoms with van der Waals surface area (Å²) in [5.74, 6) is 1.28. The molecular weight excluding hydrogens is 282 g/mol. The summed E-state index contributed by atoms with van der Waals surface area (Å²) in [5.41, 5.74) is 7.36. The highest BCUT2D eigenvalue weighted by Gasteiger charge is 2.11. The normalized spacial score (nSPS) is 10.9. The van der Waals surface area contributed by atoms with E-state index in [1.54, 1.807) is 6.20 Å². The third-order valence-electron chi connectivity index (χ3n) is 2.42. The Balaban J connectivity index is 2.31. The molecule has 0 aliphatic heterocycles. The van der Waals surface area contributed by atoms with Crippen LogP contribution in [0.4, 0.5) is 5.69 Å². The van der Waals surface area contributed by atoms with Gasteiger partial charge in [0.15, 0.2) is 5.82 Å². The Hall–Kier alpha value is -1.95. The van der Waals surface area contributed by atoms with Gasteiger partial charge in [-0.2, -0.15) is 0 Å². The Morgan fingerprint density at radius 3 is 3.00 bits per heavy atom. The van der Waals surface area contributed by atoms with Gasteiger partial charge in [0.05, 0.1) is 0 Å². The maximum Gasteiger partial charge on any atom is 0.255 e. The fraction of sp³-hybridized carbons (Fsp3) is 0. The maximum absolute atomic E-state index is 5.78. The van der Waals surface area contributed by atoms with Crippen LogP contribution < -0.4 is 5.73 Å². The first-order valence-electron chi connectivity index (χ1n) is 4.97. The van der Waals surface area contributed by atoms with Crippen LogP contribution in [-0.2, 0) is 0 Å². The van der Waals surface area contributed by atoms with Crippen LogP contribution in [0.1, 0.15) is 0 Å². The molecule has 0 radical (unpaired) electrons. The van der Waals surface area contributed by atoms with E-state index in [1.807, 2.05) is 34.9 Å². The Labute approximate surface area is 105 Å². The van der Waals surface area contributed by atoms with Gasteiger partial charge in [0.2, 0.25) is 0 Å². The van der Waals surface area contributed by atoms with E-state index < -0.39 is 0 Å². The average molecular weight is 290 g/mol. The summed E-state index contributed by atoms with van der Waals surface area (Å²) in [6.07, 6.45) is 3.55. The van der Waals surface area contributed by atoms with Crippen LogP contribution in [-0.4, -0.2) is 19.6 Å². The van der Waals surface area contributed by atoms with E-state index in [0.29, 0.717) is 17.3 Å². The predicted molar refractivity (Wildman–Crippen MR) is 68.3 cm³/mol. The monoisotopic (exact) mass is 289 g/mol. The fourth-order valence-corrected chi connectivity index (χ4v) is 2.06. The van der Waals surface area contributed by atoms with Crippen molar-refractivity contribution in [2.45, 2.75) is 0 Å². The minimum absolute atomic E-state index is 0.567. The van der Waals surface area contributed by atoms with E-state index in [-0.39, 0.29) is 0 Å². The minimum atomic E-state index is 0.567. The second-order valence-electron chi connectivity index (χ2n) is 3.55. The average Bonchev–Trinajstić information content (AvgIpc) is 2.76. The summed E-state index contributed by atoms with van der Waals surface area (Å²) >= 11 is 3.48. The number of nitrogens with zero attached hydrogens (tertiary/aromatic N) is 4. The molecule has 2 heterocycles. The third kappa shape index (κ3) is 1.66. The van der Waals surface area contributed by atoms with Crippen LogP contribution in [0.3, 0.4) is 0 Å². The highest BCUT2D eigenvalue weighted by molar-refractivity contribution is 9.10. The van der Waals surface area contributed by atoms with Gasteiger partial charge in [-0.25, -0.2) is 4.98 Å². The summed E-state index contributed by atoms with van der Waals surface area (Å²) in [6, 6.07) is 7.41. The second kappa shape index (κ2) is 3.81. The zero-order valence-electron chi connectivity index (χ0n) is 8.71. The molecule has 0 atom stereocenters. The lowest BCUT2D eigenvalue weighted by molar-refractivity contribution is 1.10. The van der Waals surface area contributed by atoms with Crippen LogP contribution >= 0.6 is 15.9 Å². The topological polar surface area (TPSA) is 69.1 Å². The van der Waals surface area contributed by atoms with Gasteiger partial charge < -0.3 is 5.73 Å². The summed E-state index contributed by atoms with van der Waals surface area (Å²) < 4.78 is 2.74. The van der Waals surface area contributed by atoms with Crippen molar-refractivity contribution in [3.8, 4) is 11.4 Å². The van der Waals surface area contributed by atoms with Crippen molar-refractivity contribution in [3.05, 3.63) is 41.1 Å². The molecule has 0 unspecified atom stereocenters. The van der Waals surface area contributed by atoms with Crippen molar-refractivity contribution in [2.24, 2.45) is 0 Å². The molecule has 3 rings (SSSR count). The molecule has 0 spiro atoms. The smallest absolute Gasteiger partial charge is 0.255 e. The molecule has 2 N–H and O–H groups in total. The molecular formula is C11H8BrN5. The third-order valence-corrected chi connectivity index (χ3v) is 3.11. The Bertz CT molecular complexity index is 691. The number of halogens is 1. The lowest BCUT2D eigenvalue weighted by Gasteiger charge is -2.03. The quantitative estimate of drug-likeness (QED) is 0.697. The summed E-state index contributed by atoms with van der Waals surface area (Å²) in [5, 5.41) is 8.14. The van der Waals surface area contributed by atoms with Crippen molar-refractivity contribution >= 4 is 27.4 Å². The second-order valence-corrected chi connectivity index (χ2v) is 4.41. The number of hydrogen-bond donors (Lipinski definition) is 1. The van der Waals surface area contributed by atoms with Crippen LogP contribution in [0.25, 0.3) is 17.2 Å². The molecule has 1 aromatic carbocycles. The molecule has 3 aromatic rings. The van der Waals surface area contributed by atoms with Crippen LogP contribution in [0.2, 0.25) is 0 Å². The number of aromatic nitrogens is 4.